The molecule has 0 radical (unpaired) electrons. The summed E-state index contributed by atoms with van der Waals surface area (Å²) in [6, 6.07) is 7.17. The van der Waals surface area contributed by atoms with Crippen molar-refractivity contribution >= 4 is 11.9 Å². The van der Waals surface area contributed by atoms with Gasteiger partial charge in [-0.2, -0.15) is 0 Å². The van der Waals surface area contributed by atoms with Crippen LogP contribution in [-0.2, 0) is 4.74 Å². The van der Waals surface area contributed by atoms with Crippen LogP contribution < -0.4 is 4.74 Å². The molecule has 2 atom stereocenters. The summed E-state index contributed by atoms with van der Waals surface area (Å²) < 4.78 is 11.4. The Morgan fingerprint density at radius 2 is 1.96 bits per heavy atom. The number of ketones is 1. The fraction of sp³-hybridized carbons (Fsp3) is 0.600. The fourth-order valence-electron chi connectivity index (χ4n) is 3.64. The largest absolute Gasteiger partial charge is 0.492 e. The van der Waals surface area contributed by atoms with E-state index in [1.54, 1.807) is 11.0 Å². The highest BCUT2D eigenvalue weighted by molar-refractivity contribution is 6.01. The standard InChI is InChI=1S/C20H27NO4/c1-20(2,3)25-19(23)21-12-8-4-5-10-16(21)15-13-24-17-11-7-6-9-14(17)18(15)22/h6-7,9,11,15-16H,4-5,8,10,12-13H2,1-3H3. The van der Waals surface area contributed by atoms with Crippen molar-refractivity contribution in [3.05, 3.63) is 29.8 Å². The number of amides is 1. The molecule has 0 spiro atoms. The van der Waals surface area contributed by atoms with E-state index in [0.717, 1.165) is 25.7 Å². The Bertz CT molecular complexity index is 649. The molecule has 5 heteroatoms. The van der Waals surface area contributed by atoms with E-state index in [-0.39, 0.29) is 23.8 Å². The quantitative estimate of drug-likeness (QED) is 0.770. The van der Waals surface area contributed by atoms with Crippen molar-refractivity contribution in [1.29, 1.82) is 0 Å². The van der Waals surface area contributed by atoms with Crippen molar-refractivity contribution in [3.63, 3.8) is 0 Å². The first-order chi connectivity index (χ1) is 11.9. The molecular weight excluding hydrogens is 318 g/mol. The fourth-order valence-corrected chi connectivity index (χ4v) is 3.64. The number of hydrogen-bond acceptors (Lipinski definition) is 4. The number of benzene rings is 1. The van der Waals surface area contributed by atoms with Crippen molar-refractivity contribution in [3.8, 4) is 5.75 Å². The van der Waals surface area contributed by atoms with Crippen molar-refractivity contribution in [1.82, 2.24) is 4.90 Å². The summed E-state index contributed by atoms with van der Waals surface area (Å²) in [4.78, 5) is 27.5. The maximum absolute atomic E-state index is 13.0. The number of carbonyl (C=O) groups is 2. The summed E-state index contributed by atoms with van der Waals surface area (Å²) in [5.41, 5.74) is 0.0697. The Hall–Kier alpha value is -2.04. The van der Waals surface area contributed by atoms with Crippen LogP contribution in [0.2, 0.25) is 0 Å². The molecule has 0 aromatic heterocycles. The summed E-state index contributed by atoms with van der Waals surface area (Å²) in [6.45, 7) is 6.54. The maximum Gasteiger partial charge on any atom is 0.410 e. The van der Waals surface area contributed by atoms with Crippen molar-refractivity contribution in [2.45, 2.75) is 58.1 Å². The van der Waals surface area contributed by atoms with E-state index in [0.29, 0.717) is 24.5 Å². The first-order valence-electron chi connectivity index (χ1n) is 9.12. The minimum absolute atomic E-state index is 0.0716. The number of nitrogens with zero attached hydrogens (tertiary/aromatic N) is 1. The lowest BCUT2D eigenvalue weighted by atomic mass is 9.86. The van der Waals surface area contributed by atoms with Gasteiger partial charge in [-0.1, -0.05) is 25.0 Å². The lowest BCUT2D eigenvalue weighted by Gasteiger charge is -2.37. The molecule has 2 unspecified atom stereocenters. The summed E-state index contributed by atoms with van der Waals surface area (Å²) in [7, 11) is 0. The second-order valence-corrected chi connectivity index (χ2v) is 7.87. The monoisotopic (exact) mass is 345 g/mol. The second kappa shape index (κ2) is 7.06. The number of fused-ring (bicyclic) bond motifs is 1. The number of rotatable bonds is 1. The van der Waals surface area contributed by atoms with E-state index in [9.17, 15) is 9.59 Å². The number of likely N-dealkylation sites (tertiary alicyclic amines) is 1. The van der Waals surface area contributed by atoms with Crippen LogP contribution >= 0.6 is 0 Å². The molecule has 1 amide bonds. The predicted molar refractivity (Wildman–Crippen MR) is 95.0 cm³/mol. The Morgan fingerprint density at radius 3 is 2.72 bits per heavy atom. The SMILES string of the molecule is CC(C)(C)OC(=O)N1CCCCCC1C1COc2ccccc2C1=O. The lowest BCUT2D eigenvalue weighted by Crippen LogP contribution is -2.50. The zero-order valence-electron chi connectivity index (χ0n) is 15.3. The Labute approximate surface area is 149 Å². The minimum Gasteiger partial charge on any atom is -0.492 e. The maximum atomic E-state index is 13.0. The summed E-state index contributed by atoms with van der Waals surface area (Å²) in [5.74, 6) is 0.379. The van der Waals surface area contributed by atoms with Gasteiger partial charge in [-0.25, -0.2) is 4.79 Å². The van der Waals surface area contributed by atoms with Crippen molar-refractivity contribution < 1.29 is 19.1 Å². The van der Waals surface area contributed by atoms with Gasteiger partial charge in [0.05, 0.1) is 11.5 Å². The van der Waals surface area contributed by atoms with Crippen molar-refractivity contribution in [2.24, 2.45) is 5.92 Å². The van der Waals surface area contributed by atoms with Crippen LogP contribution in [0.15, 0.2) is 24.3 Å². The van der Waals surface area contributed by atoms with Gasteiger partial charge in [-0.05, 0) is 45.7 Å². The van der Waals surface area contributed by atoms with Gasteiger partial charge < -0.3 is 14.4 Å². The summed E-state index contributed by atoms with van der Waals surface area (Å²) in [6.07, 6.45) is 3.49. The lowest BCUT2D eigenvalue weighted by molar-refractivity contribution is 0.00698. The van der Waals surface area contributed by atoms with Gasteiger partial charge in [0.25, 0.3) is 0 Å². The molecule has 3 rings (SSSR count). The van der Waals surface area contributed by atoms with Crippen LogP contribution in [0.4, 0.5) is 4.79 Å². The molecule has 1 aromatic carbocycles. The van der Waals surface area contributed by atoms with Crippen LogP contribution in [0, 0.1) is 5.92 Å². The van der Waals surface area contributed by atoms with Gasteiger partial charge in [-0.15, -0.1) is 0 Å². The first-order valence-corrected chi connectivity index (χ1v) is 9.12. The smallest absolute Gasteiger partial charge is 0.410 e. The molecule has 0 bridgehead atoms. The average molecular weight is 345 g/mol. The molecule has 2 heterocycles. The first kappa shape index (κ1) is 17.8. The molecular formula is C20H27NO4. The molecule has 25 heavy (non-hydrogen) atoms. The number of para-hydroxylation sites is 1. The highest BCUT2D eigenvalue weighted by Gasteiger charge is 2.41. The third kappa shape index (κ3) is 3.97. The Balaban J connectivity index is 1.85. The highest BCUT2D eigenvalue weighted by atomic mass is 16.6. The Morgan fingerprint density at radius 1 is 1.20 bits per heavy atom. The van der Waals surface area contributed by atoms with E-state index in [2.05, 4.69) is 0 Å². The van der Waals surface area contributed by atoms with Gasteiger partial charge in [0, 0.05) is 12.6 Å². The highest BCUT2D eigenvalue weighted by Crippen LogP contribution is 2.33. The predicted octanol–water partition coefficient (Wildman–Crippen LogP) is 4.06. The van der Waals surface area contributed by atoms with Crippen LogP contribution in [0.1, 0.15) is 56.8 Å². The molecule has 0 N–H and O–H groups in total. The van der Waals surface area contributed by atoms with Crippen LogP contribution in [-0.4, -0.2) is 41.6 Å². The number of ether oxygens (including phenoxy) is 2. The summed E-state index contributed by atoms with van der Waals surface area (Å²) in [5, 5.41) is 0. The van der Waals surface area contributed by atoms with Gasteiger partial charge in [0.1, 0.15) is 18.0 Å². The van der Waals surface area contributed by atoms with E-state index in [4.69, 9.17) is 9.47 Å². The van der Waals surface area contributed by atoms with E-state index >= 15 is 0 Å². The van der Waals surface area contributed by atoms with Gasteiger partial charge in [-0.3, -0.25) is 4.79 Å². The van der Waals surface area contributed by atoms with Crippen molar-refractivity contribution in [2.75, 3.05) is 13.2 Å². The number of carbonyl (C=O) groups excluding carboxylic acids is 2. The topological polar surface area (TPSA) is 55.8 Å². The van der Waals surface area contributed by atoms with E-state index < -0.39 is 5.60 Å². The number of hydrogen-bond donors (Lipinski definition) is 0. The molecule has 1 saturated heterocycles. The van der Waals surface area contributed by atoms with Crippen LogP contribution in [0.5, 0.6) is 5.75 Å². The molecule has 0 saturated carbocycles. The van der Waals surface area contributed by atoms with Gasteiger partial charge >= 0.3 is 6.09 Å². The average Bonchev–Trinajstić information content (AvgIpc) is 2.80. The molecule has 2 aliphatic heterocycles. The molecule has 0 aliphatic carbocycles. The third-order valence-electron chi connectivity index (χ3n) is 4.80. The summed E-state index contributed by atoms with van der Waals surface area (Å²) >= 11 is 0. The normalized spacial score (nSPS) is 24.1. The van der Waals surface area contributed by atoms with E-state index in [1.807, 2.05) is 39.0 Å². The zero-order valence-corrected chi connectivity index (χ0v) is 15.3. The molecule has 1 fully saturated rings. The minimum atomic E-state index is -0.548. The Kier molecular flexibility index (Phi) is 5.02. The van der Waals surface area contributed by atoms with Crippen LogP contribution in [0.3, 0.4) is 0 Å². The van der Waals surface area contributed by atoms with E-state index in [1.165, 1.54) is 0 Å². The van der Waals surface area contributed by atoms with Gasteiger partial charge in [0.2, 0.25) is 0 Å². The molecule has 5 nitrogen and oxygen atoms in total. The molecule has 1 aromatic rings. The number of Topliss-reactive ketones (excluding diaryl/α,β-unsaturated/α-hetero) is 1. The van der Waals surface area contributed by atoms with Crippen LogP contribution in [0.25, 0.3) is 0 Å². The molecule has 136 valence electrons. The molecule has 2 aliphatic rings. The zero-order chi connectivity index (χ0) is 18.0. The second-order valence-electron chi connectivity index (χ2n) is 7.87. The third-order valence-corrected chi connectivity index (χ3v) is 4.80. The van der Waals surface area contributed by atoms with Gasteiger partial charge in [0.15, 0.2) is 5.78 Å².